The van der Waals surface area contributed by atoms with E-state index in [2.05, 4.69) is 11.2 Å². The topological polar surface area (TPSA) is 52.6 Å². The van der Waals surface area contributed by atoms with Crippen molar-refractivity contribution in [2.24, 2.45) is 0 Å². The van der Waals surface area contributed by atoms with E-state index in [1.165, 1.54) is 0 Å². The summed E-state index contributed by atoms with van der Waals surface area (Å²) in [5, 5.41) is 11.7. The molecule has 0 aliphatic heterocycles. The van der Waals surface area contributed by atoms with Crippen molar-refractivity contribution in [1.29, 1.82) is 0 Å². The molecule has 0 aromatic heterocycles. The molecule has 2 N–H and O–H groups in total. The zero-order valence-electron chi connectivity index (χ0n) is 8.95. The van der Waals surface area contributed by atoms with Crippen LogP contribution < -0.4 is 5.32 Å². The molecule has 0 aliphatic rings. The SMILES string of the molecule is C#CCNC(=O)N(C[C@H](C)O)C(C)C. The van der Waals surface area contributed by atoms with Crippen LogP contribution >= 0.6 is 0 Å². The highest BCUT2D eigenvalue weighted by atomic mass is 16.3. The van der Waals surface area contributed by atoms with E-state index < -0.39 is 6.10 Å². The van der Waals surface area contributed by atoms with Gasteiger partial charge in [0.25, 0.3) is 0 Å². The predicted molar refractivity (Wildman–Crippen MR) is 55.8 cm³/mol. The monoisotopic (exact) mass is 198 g/mol. The van der Waals surface area contributed by atoms with Crippen molar-refractivity contribution in [1.82, 2.24) is 10.2 Å². The molecule has 0 saturated heterocycles. The number of hydrogen-bond donors (Lipinski definition) is 2. The smallest absolute Gasteiger partial charge is 0.318 e. The van der Waals surface area contributed by atoms with Gasteiger partial charge in [-0.25, -0.2) is 4.79 Å². The minimum Gasteiger partial charge on any atom is -0.392 e. The predicted octanol–water partition coefficient (Wildman–Crippen LogP) is 0.420. The summed E-state index contributed by atoms with van der Waals surface area (Å²) >= 11 is 0. The summed E-state index contributed by atoms with van der Waals surface area (Å²) in [5.41, 5.74) is 0. The lowest BCUT2D eigenvalue weighted by atomic mass is 10.3. The normalized spacial score (nSPS) is 12.0. The molecule has 0 aromatic carbocycles. The number of hydrogen-bond acceptors (Lipinski definition) is 2. The number of carbonyl (C=O) groups is 1. The first-order valence-electron chi connectivity index (χ1n) is 4.65. The van der Waals surface area contributed by atoms with Gasteiger partial charge in [-0.2, -0.15) is 0 Å². The van der Waals surface area contributed by atoms with Gasteiger partial charge in [-0.15, -0.1) is 6.42 Å². The van der Waals surface area contributed by atoms with E-state index in [0.29, 0.717) is 6.54 Å². The van der Waals surface area contributed by atoms with Crippen LogP contribution in [-0.2, 0) is 0 Å². The summed E-state index contributed by atoms with van der Waals surface area (Å²) in [6.07, 6.45) is 4.49. The molecular formula is C10H18N2O2. The van der Waals surface area contributed by atoms with Crippen molar-refractivity contribution in [3.63, 3.8) is 0 Å². The molecule has 0 rings (SSSR count). The Kier molecular flexibility index (Phi) is 5.73. The molecule has 4 heteroatoms. The van der Waals surface area contributed by atoms with Gasteiger partial charge in [-0.1, -0.05) is 5.92 Å². The first-order chi connectivity index (χ1) is 6.49. The summed E-state index contributed by atoms with van der Waals surface area (Å²) in [5.74, 6) is 2.32. The molecule has 0 aliphatic carbocycles. The number of terminal acetylenes is 1. The molecule has 0 bridgehead atoms. The van der Waals surface area contributed by atoms with Gasteiger partial charge in [0.05, 0.1) is 12.6 Å². The number of nitrogens with zero attached hydrogens (tertiary/aromatic N) is 1. The molecule has 0 saturated carbocycles. The molecule has 2 amide bonds. The zero-order valence-corrected chi connectivity index (χ0v) is 8.95. The van der Waals surface area contributed by atoms with Crippen LogP contribution in [0.5, 0.6) is 0 Å². The molecule has 80 valence electrons. The highest BCUT2D eigenvalue weighted by molar-refractivity contribution is 5.74. The third kappa shape index (κ3) is 4.73. The number of rotatable bonds is 4. The Labute approximate surface area is 85.3 Å². The van der Waals surface area contributed by atoms with Crippen molar-refractivity contribution >= 4 is 6.03 Å². The van der Waals surface area contributed by atoms with Crippen molar-refractivity contribution in [3.05, 3.63) is 0 Å². The van der Waals surface area contributed by atoms with Crippen LogP contribution in [0.25, 0.3) is 0 Å². The summed E-state index contributed by atoms with van der Waals surface area (Å²) in [4.78, 5) is 13.0. The second kappa shape index (κ2) is 6.28. The maximum Gasteiger partial charge on any atom is 0.318 e. The van der Waals surface area contributed by atoms with Crippen LogP contribution in [0.2, 0.25) is 0 Å². The van der Waals surface area contributed by atoms with Gasteiger partial charge < -0.3 is 15.3 Å². The Bertz CT molecular complexity index is 219. The summed E-state index contributed by atoms with van der Waals surface area (Å²) < 4.78 is 0. The first-order valence-corrected chi connectivity index (χ1v) is 4.65. The molecule has 4 nitrogen and oxygen atoms in total. The number of nitrogens with one attached hydrogen (secondary N) is 1. The van der Waals surface area contributed by atoms with E-state index in [0.717, 1.165) is 0 Å². The lowest BCUT2D eigenvalue weighted by Gasteiger charge is -2.27. The second-order valence-electron chi connectivity index (χ2n) is 3.46. The van der Waals surface area contributed by atoms with Crippen LogP contribution in [0.3, 0.4) is 0 Å². The molecule has 1 atom stereocenters. The second-order valence-corrected chi connectivity index (χ2v) is 3.46. The Morgan fingerprint density at radius 2 is 2.14 bits per heavy atom. The molecule has 14 heavy (non-hydrogen) atoms. The number of aliphatic hydroxyl groups is 1. The first kappa shape index (κ1) is 12.8. The van der Waals surface area contributed by atoms with Gasteiger partial charge in [-0.05, 0) is 20.8 Å². The number of amides is 2. The molecular weight excluding hydrogens is 180 g/mol. The maximum absolute atomic E-state index is 11.5. The summed E-state index contributed by atoms with van der Waals surface area (Å²) in [6.45, 7) is 5.94. The van der Waals surface area contributed by atoms with Crippen LogP contribution in [0.4, 0.5) is 4.79 Å². The average molecular weight is 198 g/mol. The van der Waals surface area contributed by atoms with Gasteiger partial charge in [0, 0.05) is 12.6 Å². The Hall–Kier alpha value is -1.21. The third-order valence-electron chi connectivity index (χ3n) is 1.69. The lowest BCUT2D eigenvalue weighted by Crippen LogP contribution is -2.47. The van der Waals surface area contributed by atoms with Gasteiger partial charge in [0.15, 0.2) is 0 Å². The average Bonchev–Trinajstić information content (AvgIpc) is 2.09. The van der Waals surface area contributed by atoms with Gasteiger partial charge in [-0.3, -0.25) is 0 Å². The van der Waals surface area contributed by atoms with Crippen molar-refractivity contribution in [2.75, 3.05) is 13.1 Å². The van der Waals surface area contributed by atoms with E-state index in [1.54, 1.807) is 11.8 Å². The lowest BCUT2D eigenvalue weighted by molar-refractivity contribution is 0.119. The van der Waals surface area contributed by atoms with Crippen LogP contribution in [0.1, 0.15) is 20.8 Å². The van der Waals surface area contributed by atoms with Crippen LogP contribution in [0.15, 0.2) is 0 Å². The number of aliphatic hydroxyl groups excluding tert-OH is 1. The van der Waals surface area contributed by atoms with Crippen molar-refractivity contribution in [2.45, 2.75) is 32.9 Å². The van der Waals surface area contributed by atoms with Crippen LogP contribution in [-0.4, -0.2) is 41.3 Å². The number of carbonyl (C=O) groups excluding carboxylic acids is 1. The van der Waals surface area contributed by atoms with Gasteiger partial charge in [0.2, 0.25) is 0 Å². The van der Waals surface area contributed by atoms with Crippen molar-refractivity contribution < 1.29 is 9.90 Å². The fraction of sp³-hybridized carbons (Fsp3) is 0.700. The van der Waals surface area contributed by atoms with Gasteiger partial charge in [0.1, 0.15) is 0 Å². The van der Waals surface area contributed by atoms with Crippen molar-refractivity contribution in [3.8, 4) is 12.3 Å². The summed E-state index contributed by atoms with van der Waals surface area (Å²) in [6, 6.07) is -0.193. The largest absolute Gasteiger partial charge is 0.392 e. The molecule has 0 radical (unpaired) electrons. The van der Waals surface area contributed by atoms with E-state index in [9.17, 15) is 9.90 Å². The highest BCUT2D eigenvalue weighted by Gasteiger charge is 2.17. The minimum atomic E-state index is -0.533. The van der Waals surface area contributed by atoms with E-state index >= 15 is 0 Å². The third-order valence-corrected chi connectivity index (χ3v) is 1.69. The molecule has 0 heterocycles. The Morgan fingerprint density at radius 1 is 1.57 bits per heavy atom. The fourth-order valence-electron chi connectivity index (χ4n) is 1.04. The molecule has 0 fully saturated rings. The maximum atomic E-state index is 11.5. The standard InChI is InChI=1S/C10H18N2O2/c1-5-6-11-10(14)12(8(2)3)7-9(4)13/h1,8-9,13H,6-7H2,2-4H3,(H,11,14)/t9-/m0/s1. The number of urea groups is 1. The quantitative estimate of drug-likeness (QED) is 0.643. The van der Waals surface area contributed by atoms with Crippen LogP contribution in [0, 0.1) is 12.3 Å². The van der Waals surface area contributed by atoms with E-state index in [-0.39, 0.29) is 18.6 Å². The molecule has 0 aromatic rings. The zero-order chi connectivity index (χ0) is 11.1. The van der Waals surface area contributed by atoms with Gasteiger partial charge >= 0.3 is 6.03 Å². The van der Waals surface area contributed by atoms with E-state index in [1.807, 2.05) is 13.8 Å². The molecule has 0 spiro atoms. The minimum absolute atomic E-state index is 0.0439. The fourth-order valence-corrected chi connectivity index (χ4v) is 1.04. The van der Waals surface area contributed by atoms with E-state index in [4.69, 9.17) is 6.42 Å². The molecule has 0 unspecified atom stereocenters. The highest BCUT2D eigenvalue weighted by Crippen LogP contribution is 2.00. The Morgan fingerprint density at radius 3 is 2.50 bits per heavy atom. The summed E-state index contributed by atoms with van der Waals surface area (Å²) in [7, 11) is 0. The Balaban J connectivity index is 4.20.